The fourth-order valence-corrected chi connectivity index (χ4v) is 3.79. The first-order valence-electron chi connectivity index (χ1n) is 12.1. The number of rotatable bonds is 22. The minimum Gasteiger partial charge on any atom is -0.313 e. The van der Waals surface area contributed by atoms with E-state index in [1.807, 2.05) is 0 Å². The van der Waals surface area contributed by atoms with Crippen molar-refractivity contribution in [1.29, 1.82) is 0 Å². The summed E-state index contributed by atoms with van der Waals surface area (Å²) in [6.45, 7) is 3.11. The number of hydrogen-bond donors (Lipinski definition) is 3. The Balaban J connectivity index is 3.31. The van der Waals surface area contributed by atoms with E-state index in [1.165, 1.54) is 109 Å². The molecule has 0 aliphatic heterocycles. The van der Waals surface area contributed by atoms with Gasteiger partial charge in [-0.3, -0.25) is 0 Å². The molecule has 0 heterocycles. The molecule has 6 N–H and O–H groups in total. The van der Waals surface area contributed by atoms with Crippen molar-refractivity contribution < 1.29 is 0 Å². The Kier molecular flexibility index (Phi) is 20.4. The molecule has 0 saturated carbocycles. The summed E-state index contributed by atoms with van der Waals surface area (Å²) in [7, 11) is 0. The lowest BCUT2D eigenvalue weighted by Crippen LogP contribution is -2.49. The molecule has 163 valence electrons. The maximum absolute atomic E-state index is 6.88. The van der Waals surface area contributed by atoms with Gasteiger partial charge < -0.3 is 11.5 Å². The van der Waals surface area contributed by atoms with Gasteiger partial charge in [-0.2, -0.15) is 5.84 Å². The lowest BCUT2D eigenvalue weighted by molar-refractivity contribution is 0.345. The van der Waals surface area contributed by atoms with Gasteiger partial charge >= 0.3 is 0 Å². The molecule has 0 atom stereocenters. The summed E-state index contributed by atoms with van der Waals surface area (Å²) in [5.41, 5.74) is 14.6. The Morgan fingerprint density at radius 2 is 0.889 bits per heavy atom. The van der Waals surface area contributed by atoms with Crippen LogP contribution in [0.2, 0.25) is 0 Å². The first-order valence-corrected chi connectivity index (χ1v) is 12.1. The second-order valence-electron chi connectivity index (χ2n) is 8.67. The van der Waals surface area contributed by atoms with Crippen LogP contribution in [0.1, 0.15) is 135 Å². The minimum absolute atomic E-state index is 0.437. The van der Waals surface area contributed by atoms with Gasteiger partial charge in [-0.25, -0.2) is 5.43 Å². The van der Waals surface area contributed by atoms with Crippen LogP contribution >= 0.6 is 0 Å². The van der Waals surface area contributed by atoms with Gasteiger partial charge in [0.2, 0.25) is 0 Å². The highest BCUT2D eigenvalue weighted by Gasteiger charge is 2.17. The molecule has 27 heavy (non-hydrogen) atoms. The smallest absolute Gasteiger partial charge is 0.0636 e. The fourth-order valence-electron chi connectivity index (χ4n) is 3.79. The van der Waals surface area contributed by atoms with E-state index in [-0.39, 0.29) is 0 Å². The van der Waals surface area contributed by atoms with E-state index in [0.717, 1.165) is 25.8 Å². The molecule has 0 aromatic rings. The lowest BCUT2D eigenvalue weighted by Gasteiger charge is -2.24. The largest absolute Gasteiger partial charge is 0.313 e. The fraction of sp³-hybridized carbons (Fsp3) is 1.00. The predicted molar refractivity (Wildman–Crippen MR) is 120 cm³/mol. The van der Waals surface area contributed by atoms with Gasteiger partial charge in [-0.1, -0.05) is 116 Å². The van der Waals surface area contributed by atoms with E-state index in [0.29, 0.717) is 0 Å². The average Bonchev–Trinajstić information content (AvgIpc) is 2.64. The first-order chi connectivity index (χ1) is 13.1. The van der Waals surface area contributed by atoms with Crippen LogP contribution in [0.3, 0.4) is 0 Å². The van der Waals surface area contributed by atoms with Crippen molar-refractivity contribution in [3.8, 4) is 0 Å². The highest BCUT2D eigenvalue weighted by atomic mass is 15.2. The van der Waals surface area contributed by atoms with Gasteiger partial charge in [0.25, 0.3) is 0 Å². The average molecular weight is 384 g/mol. The number of nitrogens with one attached hydrogen (secondary N) is 2. The Labute approximate surface area is 170 Å². The SMILES string of the molecule is CCCCCCCCCCCC(N)(N)CCCCCCCCCCCN[NH]. The van der Waals surface area contributed by atoms with Crippen LogP contribution in [0.15, 0.2) is 0 Å². The molecule has 0 amide bonds. The van der Waals surface area contributed by atoms with Crippen LogP contribution in [0.25, 0.3) is 0 Å². The number of hydrogen-bond acceptors (Lipinski definition) is 3. The molecule has 0 aromatic carbocycles. The van der Waals surface area contributed by atoms with Crippen molar-refractivity contribution in [3.63, 3.8) is 0 Å². The second-order valence-corrected chi connectivity index (χ2v) is 8.67. The summed E-state index contributed by atoms with van der Waals surface area (Å²) in [4.78, 5) is 0. The van der Waals surface area contributed by atoms with Crippen LogP contribution in [0.4, 0.5) is 0 Å². The van der Waals surface area contributed by atoms with Gasteiger partial charge in [0.05, 0.1) is 5.66 Å². The van der Waals surface area contributed by atoms with E-state index in [2.05, 4.69) is 12.3 Å². The minimum atomic E-state index is -0.437. The lowest BCUT2D eigenvalue weighted by atomic mass is 9.95. The van der Waals surface area contributed by atoms with Crippen LogP contribution in [0.5, 0.6) is 0 Å². The van der Waals surface area contributed by atoms with Crippen LogP contribution in [0, 0.1) is 0 Å². The first kappa shape index (κ1) is 26.8. The van der Waals surface area contributed by atoms with Crippen molar-refractivity contribution in [3.05, 3.63) is 0 Å². The summed E-state index contributed by atoms with van der Waals surface area (Å²) in [6.07, 6.45) is 25.7. The van der Waals surface area contributed by atoms with E-state index in [1.54, 1.807) is 0 Å². The normalized spacial score (nSPS) is 12.0. The van der Waals surface area contributed by atoms with E-state index < -0.39 is 5.66 Å². The van der Waals surface area contributed by atoms with E-state index >= 15 is 0 Å². The predicted octanol–water partition coefficient (Wildman–Crippen LogP) is 6.21. The molecule has 0 bridgehead atoms. The molecule has 4 heteroatoms. The molecular formula is C23H51N4. The van der Waals surface area contributed by atoms with Gasteiger partial charge in [-0.05, 0) is 19.3 Å². The maximum Gasteiger partial charge on any atom is 0.0636 e. The Morgan fingerprint density at radius 1 is 0.556 bits per heavy atom. The topological polar surface area (TPSA) is 87.9 Å². The van der Waals surface area contributed by atoms with Gasteiger partial charge in [-0.15, -0.1) is 0 Å². The molecule has 1 radical (unpaired) electrons. The molecule has 0 aromatic heterocycles. The molecule has 0 aliphatic rings. The summed E-state index contributed by atoms with van der Waals surface area (Å²) >= 11 is 0. The highest BCUT2D eigenvalue weighted by molar-refractivity contribution is 4.76. The summed E-state index contributed by atoms with van der Waals surface area (Å²) in [5, 5.41) is 0. The van der Waals surface area contributed by atoms with Crippen LogP contribution in [-0.4, -0.2) is 12.2 Å². The third kappa shape index (κ3) is 22.0. The zero-order chi connectivity index (χ0) is 20.1. The highest BCUT2D eigenvalue weighted by Crippen LogP contribution is 2.18. The Hall–Kier alpha value is -0.160. The molecule has 0 rings (SSSR count). The molecule has 0 saturated heterocycles. The standard InChI is InChI=1S/C23H51N4/c1-2-3-4-5-6-8-11-14-17-20-23(24,25)21-18-15-12-9-7-10-13-16-19-22-27-26/h26-27H,2-22,24-25H2,1H3. The molecule has 4 nitrogen and oxygen atoms in total. The maximum atomic E-state index is 6.88. The number of nitrogens with two attached hydrogens (primary N) is 2. The monoisotopic (exact) mass is 383 g/mol. The van der Waals surface area contributed by atoms with E-state index in [4.69, 9.17) is 17.3 Å². The van der Waals surface area contributed by atoms with Crippen molar-refractivity contribution in [1.82, 2.24) is 11.3 Å². The second kappa shape index (κ2) is 20.6. The molecule has 0 unspecified atom stereocenters. The van der Waals surface area contributed by atoms with E-state index in [9.17, 15) is 0 Å². The van der Waals surface area contributed by atoms with Crippen molar-refractivity contribution >= 4 is 0 Å². The number of unbranched alkanes of at least 4 members (excludes halogenated alkanes) is 16. The Morgan fingerprint density at radius 3 is 1.26 bits per heavy atom. The zero-order valence-corrected chi connectivity index (χ0v) is 18.5. The van der Waals surface area contributed by atoms with Crippen LogP contribution in [-0.2, 0) is 0 Å². The van der Waals surface area contributed by atoms with Crippen LogP contribution < -0.4 is 22.7 Å². The van der Waals surface area contributed by atoms with Gasteiger partial charge in [0.1, 0.15) is 0 Å². The third-order valence-electron chi connectivity index (χ3n) is 5.69. The molecule has 0 fully saturated rings. The zero-order valence-electron chi connectivity index (χ0n) is 18.5. The summed E-state index contributed by atoms with van der Waals surface area (Å²) < 4.78 is 0. The van der Waals surface area contributed by atoms with Crippen molar-refractivity contribution in [2.24, 2.45) is 11.5 Å². The summed E-state index contributed by atoms with van der Waals surface area (Å²) in [6, 6.07) is 0. The third-order valence-corrected chi connectivity index (χ3v) is 5.69. The Bertz CT molecular complexity index is 282. The van der Waals surface area contributed by atoms with Crippen molar-refractivity contribution in [2.75, 3.05) is 6.54 Å². The summed E-state index contributed by atoms with van der Waals surface area (Å²) in [5.74, 6) is 6.88. The van der Waals surface area contributed by atoms with Gasteiger partial charge in [0, 0.05) is 6.54 Å². The molecule has 0 aliphatic carbocycles. The van der Waals surface area contributed by atoms with Crippen molar-refractivity contribution in [2.45, 2.75) is 141 Å². The quantitative estimate of drug-likeness (QED) is 0.118. The van der Waals surface area contributed by atoms with Gasteiger partial charge in [0.15, 0.2) is 0 Å². The molecular weight excluding hydrogens is 332 g/mol. The molecule has 0 spiro atoms.